The molecule has 4 heterocycles. The summed E-state index contributed by atoms with van der Waals surface area (Å²) in [6.45, 7) is 5.88. The van der Waals surface area contributed by atoms with Crippen molar-refractivity contribution in [1.82, 2.24) is 14.6 Å². The third-order valence-corrected chi connectivity index (χ3v) is 12.2. The highest BCUT2D eigenvalue weighted by Crippen LogP contribution is 2.38. The highest BCUT2D eigenvalue weighted by molar-refractivity contribution is 7.92. The summed E-state index contributed by atoms with van der Waals surface area (Å²) in [5.41, 5.74) is 0.263. The number of ether oxygens (including phenoxy) is 3. The van der Waals surface area contributed by atoms with Crippen molar-refractivity contribution in [3.05, 3.63) is 36.5 Å². The number of piperidine rings is 1. The van der Waals surface area contributed by atoms with Gasteiger partial charge in [0.2, 0.25) is 15.9 Å². The van der Waals surface area contributed by atoms with E-state index in [-0.39, 0.29) is 29.0 Å². The molecule has 5 rings (SSSR count). The minimum Gasteiger partial charge on any atom is -0.491 e. The summed E-state index contributed by atoms with van der Waals surface area (Å²) in [7, 11) is -5.24. The van der Waals surface area contributed by atoms with Gasteiger partial charge >= 0.3 is 0 Å². The van der Waals surface area contributed by atoms with Gasteiger partial charge in [0, 0.05) is 32.7 Å². The molecule has 0 aliphatic carbocycles. The number of nitrogens with zero attached hydrogens (tertiary/aromatic N) is 3. The number of benzene rings is 1. The third-order valence-electron chi connectivity index (χ3n) is 8.20. The standard InChI is InChI=1S/C28H40N4O8S2/c1-20(2)41(34,35)24-6-4-5-23(13-24)39-19-22(33)16-29-21-15-28(40-18-21)7-9-32(10-8-28)42(36,37)25-14-26-27(30-17-25)38-12-11-31(26)3/h4-6,13-14,17,20-22,29,33H,7-12,15-16,18-19H2,1-3H3. The lowest BCUT2D eigenvalue weighted by molar-refractivity contribution is -0.0312. The van der Waals surface area contributed by atoms with Crippen molar-refractivity contribution in [3.63, 3.8) is 0 Å². The Balaban J connectivity index is 1.09. The molecule has 2 unspecified atom stereocenters. The highest BCUT2D eigenvalue weighted by atomic mass is 32.2. The quantitative estimate of drug-likeness (QED) is 0.396. The average molecular weight is 625 g/mol. The van der Waals surface area contributed by atoms with Crippen LogP contribution in [0.15, 0.2) is 46.3 Å². The van der Waals surface area contributed by atoms with Crippen LogP contribution in [0.4, 0.5) is 5.69 Å². The van der Waals surface area contributed by atoms with E-state index in [0.29, 0.717) is 69.4 Å². The summed E-state index contributed by atoms with van der Waals surface area (Å²) in [4.78, 5) is 6.53. The Morgan fingerprint density at radius 2 is 1.90 bits per heavy atom. The maximum atomic E-state index is 13.4. The van der Waals surface area contributed by atoms with Crippen molar-refractivity contribution in [3.8, 4) is 11.6 Å². The van der Waals surface area contributed by atoms with Crippen LogP contribution in [0.2, 0.25) is 0 Å². The van der Waals surface area contributed by atoms with Crippen molar-refractivity contribution in [2.45, 2.75) is 65.9 Å². The van der Waals surface area contributed by atoms with Gasteiger partial charge in [-0.25, -0.2) is 21.8 Å². The molecule has 2 atom stereocenters. The minimum absolute atomic E-state index is 0.00316. The van der Waals surface area contributed by atoms with Crippen molar-refractivity contribution in [1.29, 1.82) is 0 Å². The molecule has 3 aliphatic rings. The number of likely N-dealkylation sites (N-methyl/N-ethyl adjacent to an activating group) is 1. The van der Waals surface area contributed by atoms with E-state index in [4.69, 9.17) is 14.2 Å². The number of nitrogens with one attached hydrogen (secondary N) is 1. The maximum Gasteiger partial charge on any atom is 0.244 e. The molecule has 3 aliphatic heterocycles. The molecule has 232 valence electrons. The van der Waals surface area contributed by atoms with Gasteiger partial charge in [-0.15, -0.1) is 0 Å². The zero-order valence-electron chi connectivity index (χ0n) is 24.2. The van der Waals surface area contributed by atoms with Crippen molar-refractivity contribution < 1.29 is 36.2 Å². The van der Waals surface area contributed by atoms with Gasteiger partial charge in [-0.2, -0.15) is 4.31 Å². The Bertz CT molecular complexity index is 1480. The van der Waals surface area contributed by atoms with E-state index in [2.05, 4.69) is 10.3 Å². The van der Waals surface area contributed by atoms with Crippen molar-refractivity contribution in [2.24, 2.45) is 0 Å². The normalized spacial score (nSPS) is 21.7. The van der Waals surface area contributed by atoms with Crippen LogP contribution in [0.1, 0.15) is 33.1 Å². The van der Waals surface area contributed by atoms with Gasteiger partial charge in [-0.1, -0.05) is 6.07 Å². The molecular formula is C28H40N4O8S2. The minimum atomic E-state index is -3.71. The van der Waals surface area contributed by atoms with Gasteiger partial charge in [0.25, 0.3) is 0 Å². The van der Waals surface area contributed by atoms with Crippen LogP contribution in [0, 0.1) is 0 Å². The van der Waals surface area contributed by atoms with Crippen LogP contribution in [0.5, 0.6) is 11.6 Å². The summed E-state index contributed by atoms with van der Waals surface area (Å²) in [5, 5.41) is 13.3. The van der Waals surface area contributed by atoms with E-state index in [9.17, 15) is 21.9 Å². The summed E-state index contributed by atoms with van der Waals surface area (Å²) in [5.74, 6) is 0.827. The summed E-state index contributed by atoms with van der Waals surface area (Å²) < 4.78 is 70.5. The van der Waals surface area contributed by atoms with E-state index >= 15 is 0 Å². The first-order valence-electron chi connectivity index (χ1n) is 14.3. The second-order valence-electron chi connectivity index (χ2n) is 11.5. The fraction of sp³-hybridized carbons (Fsp3) is 0.607. The molecule has 0 bridgehead atoms. The number of sulfone groups is 1. The van der Waals surface area contributed by atoms with E-state index in [1.54, 1.807) is 32.0 Å². The fourth-order valence-electron chi connectivity index (χ4n) is 5.52. The van der Waals surface area contributed by atoms with Gasteiger partial charge in [-0.05, 0) is 57.4 Å². The molecule has 0 saturated carbocycles. The first kappa shape index (κ1) is 31.0. The predicted octanol–water partition coefficient (Wildman–Crippen LogP) is 1.43. The number of hydrogen-bond acceptors (Lipinski definition) is 11. The topological polar surface area (TPSA) is 148 Å². The molecule has 1 spiro atoms. The fourth-order valence-corrected chi connectivity index (χ4v) is 8.02. The maximum absolute atomic E-state index is 13.4. The molecule has 14 heteroatoms. The molecular weight excluding hydrogens is 584 g/mol. The number of pyridine rings is 1. The highest BCUT2D eigenvalue weighted by Gasteiger charge is 2.45. The third kappa shape index (κ3) is 6.53. The zero-order valence-corrected chi connectivity index (χ0v) is 25.9. The monoisotopic (exact) mass is 624 g/mol. The number of aliphatic hydroxyl groups is 1. The number of fused-ring (bicyclic) bond motifs is 1. The van der Waals surface area contributed by atoms with Gasteiger partial charge in [-0.3, -0.25) is 0 Å². The van der Waals surface area contributed by atoms with Crippen LogP contribution in [0.3, 0.4) is 0 Å². The van der Waals surface area contributed by atoms with Crippen LogP contribution >= 0.6 is 0 Å². The van der Waals surface area contributed by atoms with Gasteiger partial charge in [0.15, 0.2) is 9.84 Å². The van der Waals surface area contributed by atoms with Crippen molar-refractivity contribution >= 4 is 25.5 Å². The Hall–Kier alpha value is -2.49. The largest absolute Gasteiger partial charge is 0.491 e. The molecule has 2 fully saturated rings. The summed E-state index contributed by atoms with van der Waals surface area (Å²) in [6, 6.07) is 7.95. The number of anilines is 1. The SMILES string of the molecule is CC(C)S(=O)(=O)c1cccc(OCC(O)CNC2COC3(CCN(S(=O)(=O)c4cnc5c(c4)N(C)CCO5)CC3)C2)c1. The molecule has 0 radical (unpaired) electrons. The number of hydrogen-bond donors (Lipinski definition) is 2. The Kier molecular flexibility index (Phi) is 9.03. The molecule has 2 aromatic rings. The number of aliphatic hydroxyl groups excluding tert-OH is 1. The molecule has 0 amide bonds. The lowest BCUT2D eigenvalue weighted by atomic mass is 9.88. The lowest BCUT2D eigenvalue weighted by Crippen LogP contribution is -2.47. The summed E-state index contributed by atoms with van der Waals surface area (Å²) in [6.07, 6.45) is 2.42. The smallest absolute Gasteiger partial charge is 0.244 e. The van der Waals surface area contributed by atoms with Gasteiger partial charge in [0.05, 0.1) is 35.1 Å². The van der Waals surface area contributed by atoms with E-state index in [0.717, 1.165) is 0 Å². The molecule has 1 aromatic heterocycles. The number of rotatable bonds is 10. The van der Waals surface area contributed by atoms with Crippen molar-refractivity contribution in [2.75, 3.05) is 57.9 Å². The molecule has 2 N–H and O–H groups in total. The Morgan fingerprint density at radius 3 is 2.64 bits per heavy atom. The van der Waals surface area contributed by atoms with Crippen LogP contribution < -0.4 is 19.7 Å². The molecule has 1 aromatic carbocycles. The first-order valence-corrected chi connectivity index (χ1v) is 17.2. The second kappa shape index (κ2) is 12.2. The first-order chi connectivity index (χ1) is 19.9. The summed E-state index contributed by atoms with van der Waals surface area (Å²) >= 11 is 0. The van der Waals surface area contributed by atoms with E-state index in [1.807, 2.05) is 11.9 Å². The average Bonchev–Trinajstić information content (AvgIpc) is 3.37. The molecule has 42 heavy (non-hydrogen) atoms. The van der Waals surface area contributed by atoms with Crippen LogP contribution in [-0.2, 0) is 24.6 Å². The van der Waals surface area contributed by atoms with E-state index in [1.165, 1.54) is 22.6 Å². The predicted molar refractivity (Wildman–Crippen MR) is 156 cm³/mol. The van der Waals surface area contributed by atoms with E-state index < -0.39 is 36.8 Å². The lowest BCUT2D eigenvalue weighted by Gasteiger charge is -2.38. The zero-order chi connectivity index (χ0) is 30.1. The van der Waals surface area contributed by atoms with Gasteiger partial charge in [0.1, 0.15) is 35.7 Å². The van der Waals surface area contributed by atoms with Crippen LogP contribution in [0.25, 0.3) is 0 Å². The van der Waals surface area contributed by atoms with Gasteiger partial charge < -0.3 is 29.5 Å². The number of aromatic nitrogens is 1. The second-order valence-corrected chi connectivity index (χ2v) is 15.9. The number of sulfonamides is 1. The molecule has 2 saturated heterocycles. The molecule has 12 nitrogen and oxygen atoms in total. The Morgan fingerprint density at radius 1 is 1.14 bits per heavy atom. The Labute approximate surface area is 247 Å². The van der Waals surface area contributed by atoms with Crippen LogP contribution in [-0.4, -0.2) is 107 Å².